The van der Waals surface area contributed by atoms with E-state index in [2.05, 4.69) is 17.0 Å². The van der Waals surface area contributed by atoms with Gasteiger partial charge in [-0.05, 0) is 6.58 Å². The van der Waals surface area contributed by atoms with E-state index in [0.717, 1.165) is 0 Å². The summed E-state index contributed by atoms with van der Waals surface area (Å²) in [5.74, 6) is -0.187. The van der Waals surface area contributed by atoms with Gasteiger partial charge in [0.2, 0.25) is 0 Å². The van der Waals surface area contributed by atoms with Gasteiger partial charge in [-0.3, -0.25) is 0 Å². The lowest BCUT2D eigenvalue weighted by Gasteiger charge is -1.93. The number of hydrogen-bond acceptors (Lipinski definition) is 3. The first-order valence-electron chi connectivity index (χ1n) is 1.54. The molecule has 0 saturated heterocycles. The summed E-state index contributed by atoms with van der Waals surface area (Å²) in [4.78, 5) is 9.67. The molecule has 1 amide bonds. The van der Waals surface area contributed by atoms with Gasteiger partial charge in [-0.2, -0.15) is 0 Å². The van der Waals surface area contributed by atoms with Crippen molar-refractivity contribution in [2.75, 3.05) is 0 Å². The first-order chi connectivity index (χ1) is 3.13. The van der Waals surface area contributed by atoms with Gasteiger partial charge in [0, 0.05) is 0 Å². The number of carbonyl (C=O) groups is 1. The molecule has 0 rings (SSSR count). The maximum atomic E-state index is 9.67. The molecule has 0 heterocycles. The van der Waals surface area contributed by atoms with Crippen LogP contribution in [-0.2, 0) is 4.74 Å². The molecule has 4 N–H and O–H groups in total. The second-order valence-electron chi connectivity index (χ2n) is 0.887. The Balaban J connectivity index is 3.32. The summed E-state index contributed by atoms with van der Waals surface area (Å²) in [7, 11) is 0. The van der Waals surface area contributed by atoms with E-state index in [1.165, 1.54) is 0 Å². The van der Waals surface area contributed by atoms with Crippen molar-refractivity contribution in [3.05, 3.63) is 12.5 Å². The summed E-state index contributed by atoms with van der Waals surface area (Å²) in [6, 6.07) is 0. The molecule has 0 aliphatic rings. The Morgan fingerprint density at radius 2 is 2.00 bits per heavy atom. The van der Waals surface area contributed by atoms with Crippen LogP contribution in [0.1, 0.15) is 0 Å². The molecule has 0 bridgehead atoms. The number of rotatable bonds is 1. The minimum Gasteiger partial charge on any atom is -0.395 e. The van der Waals surface area contributed by atoms with Gasteiger partial charge in [-0.1, -0.05) is 0 Å². The summed E-state index contributed by atoms with van der Waals surface area (Å²) in [5.41, 5.74) is 9.27. The highest BCUT2D eigenvalue weighted by Gasteiger charge is 1.89. The van der Waals surface area contributed by atoms with Gasteiger partial charge in [0.1, 0.15) is 0 Å². The summed E-state index contributed by atoms with van der Waals surface area (Å²) in [6.07, 6.45) is -0.937. The SMILES string of the molecule is C=C(N)OC(N)=O. The van der Waals surface area contributed by atoms with E-state index in [9.17, 15) is 4.79 Å². The second kappa shape index (κ2) is 2.07. The molecule has 7 heavy (non-hydrogen) atoms. The van der Waals surface area contributed by atoms with Crippen molar-refractivity contribution >= 4 is 6.09 Å². The average Bonchev–Trinajstić information content (AvgIpc) is 1.27. The second-order valence-corrected chi connectivity index (χ2v) is 0.887. The summed E-state index contributed by atoms with van der Waals surface area (Å²) in [5, 5.41) is 0. The highest BCUT2D eigenvalue weighted by molar-refractivity contribution is 5.65. The van der Waals surface area contributed by atoms with E-state index < -0.39 is 6.09 Å². The highest BCUT2D eigenvalue weighted by atomic mass is 16.6. The molecule has 4 nitrogen and oxygen atoms in total. The van der Waals surface area contributed by atoms with Crippen molar-refractivity contribution in [1.82, 2.24) is 0 Å². The fourth-order valence-electron chi connectivity index (χ4n) is 0.129. The van der Waals surface area contributed by atoms with Crippen LogP contribution >= 0.6 is 0 Å². The zero-order valence-electron chi connectivity index (χ0n) is 3.68. The predicted molar refractivity (Wildman–Crippen MR) is 24.0 cm³/mol. The first-order valence-corrected chi connectivity index (χ1v) is 1.54. The number of carbonyl (C=O) groups excluding carboxylic acids is 1. The molecule has 40 valence electrons. The Hall–Kier alpha value is -1.19. The summed E-state index contributed by atoms with van der Waals surface area (Å²) in [6.45, 7) is 3.05. The van der Waals surface area contributed by atoms with E-state index >= 15 is 0 Å². The fourth-order valence-corrected chi connectivity index (χ4v) is 0.129. The standard InChI is InChI=1S/C3H6N2O2/c1-2(4)7-3(5)6/h1,4H2,(H2,5,6). The maximum absolute atomic E-state index is 9.67. The van der Waals surface area contributed by atoms with Crippen LogP contribution < -0.4 is 11.5 Å². The zero-order valence-corrected chi connectivity index (χ0v) is 3.68. The Morgan fingerprint density at radius 3 is 2.00 bits per heavy atom. The van der Waals surface area contributed by atoms with Crippen LogP contribution in [0.4, 0.5) is 4.79 Å². The molecule has 0 aromatic heterocycles. The molecule has 0 unspecified atom stereocenters. The fraction of sp³-hybridized carbons (Fsp3) is 0. The quantitative estimate of drug-likeness (QED) is 0.438. The lowest BCUT2D eigenvalue weighted by Crippen LogP contribution is -2.15. The molecule has 0 radical (unpaired) electrons. The highest BCUT2D eigenvalue weighted by Crippen LogP contribution is 1.77. The van der Waals surface area contributed by atoms with E-state index in [0.29, 0.717) is 0 Å². The molecule has 4 heteroatoms. The van der Waals surface area contributed by atoms with Crippen LogP contribution in [-0.4, -0.2) is 6.09 Å². The number of hydrogen-bond donors (Lipinski definition) is 2. The minimum absolute atomic E-state index is 0.187. The zero-order chi connectivity index (χ0) is 5.86. The van der Waals surface area contributed by atoms with Crippen molar-refractivity contribution < 1.29 is 9.53 Å². The molecular formula is C3H6N2O2. The summed E-state index contributed by atoms with van der Waals surface area (Å²) < 4.78 is 3.97. The normalized spacial score (nSPS) is 7.43. The van der Waals surface area contributed by atoms with E-state index in [-0.39, 0.29) is 5.88 Å². The van der Waals surface area contributed by atoms with Gasteiger partial charge in [0.05, 0.1) is 0 Å². The van der Waals surface area contributed by atoms with Crippen LogP contribution in [0.5, 0.6) is 0 Å². The number of primary amides is 1. The van der Waals surface area contributed by atoms with Crippen molar-refractivity contribution in [3.8, 4) is 0 Å². The van der Waals surface area contributed by atoms with E-state index in [1.807, 2.05) is 0 Å². The lowest BCUT2D eigenvalue weighted by atomic mass is 10.9. The van der Waals surface area contributed by atoms with Crippen molar-refractivity contribution in [3.63, 3.8) is 0 Å². The third-order valence-corrected chi connectivity index (χ3v) is 0.232. The molecule has 0 aromatic rings. The largest absolute Gasteiger partial charge is 0.411 e. The Labute approximate surface area is 40.7 Å². The van der Waals surface area contributed by atoms with Crippen LogP contribution in [0, 0.1) is 0 Å². The number of amides is 1. The average molecular weight is 102 g/mol. The Kier molecular flexibility index (Phi) is 1.72. The maximum Gasteiger partial charge on any atom is 0.411 e. The van der Waals surface area contributed by atoms with Gasteiger partial charge < -0.3 is 16.2 Å². The molecule has 0 saturated carbocycles. The van der Waals surface area contributed by atoms with Crippen LogP contribution in [0.15, 0.2) is 12.5 Å². The minimum atomic E-state index is -0.937. The van der Waals surface area contributed by atoms with Crippen LogP contribution in [0.2, 0.25) is 0 Å². The topological polar surface area (TPSA) is 78.3 Å². The summed E-state index contributed by atoms with van der Waals surface area (Å²) >= 11 is 0. The van der Waals surface area contributed by atoms with Crippen molar-refractivity contribution in [2.45, 2.75) is 0 Å². The van der Waals surface area contributed by atoms with Gasteiger partial charge in [0.25, 0.3) is 0 Å². The molecule has 0 atom stereocenters. The van der Waals surface area contributed by atoms with Crippen LogP contribution in [0.25, 0.3) is 0 Å². The van der Waals surface area contributed by atoms with Gasteiger partial charge in [-0.15, -0.1) is 0 Å². The van der Waals surface area contributed by atoms with Crippen molar-refractivity contribution in [2.24, 2.45) is 11.5 Å². The van der Waals surface area contributed by atoms with Gasteiger partial charge in [-0.25, -0.2) is 4.79 Å². The molecule has 0 aromatic carbocycles. The molecule has 0 aliphatic heterocycles. The lowest BCUT2D eigenvalue weighted by molar-refractivity contribution is 0.186. The molecule has 0 aliphatic carbocycles. The molecule has 0 fully saturated rings. The third kappa shape index (κ3) is 4.81. The van der Waals surface area contributed by atoms with E-state index in [4.69, 9.17) is 5.73 Å². The monoisotopic (exact) mass is 102 g/mol. The van der Waals surface area contributed by atoms with Gasteiger partial charge in [0.15, 0.2) is 5.88 Å². The Morgan fingerprint density at radius 1 is 1.57 bits per heavy atom. The predicted octanol–water partition coefficient (Wildman–Crippen LogP) is -0.488. The van der Waals surface area contributed by atoms with Crippen LogP contribution in [0.3, 0.4) is 0 Å². The molecule has 0 spiro atoms. The molecular weight excluding hydrogens is 96.0 g/mol. The van der Waals surface area contributed by atoms with Crippen molar-refractivity contribution in [1.29, 1.82) is 0 Å². The third-order valence-electron chi connectivity index (χ3n) is 0.232. The first kappa shape index (κ1) is 5.81. The van der Waals surface area contributed by atoms with E-state index in [1.54, 1.807) is 0 Å². The smallest absolute Gasteiger partial charge is 0.395 e. The number of nitrogens with two attached hydrogens (primary N) is 2. The Bertz CT molecular complexity index is 87.1. The van der Waals surface area contributed by atoms with Gasteiger partial charge >= 0.3 is 6.09 Å². The number of ether oxygens (including phenoxy) is 1.